The normalized spacial score (nSPS) is 10.2. The van der Waals surface area contributed by atoms with E-state index in [1.807, 2.05) is 12.1 Å². The van der Waals surface area contributed by atoms with Crippen LogP contribution in [0.3, 0.4) is 0 Å². The van der Waals surface area contributed by atoms with Gasteiger partial charge >= 0.3 is 0 Å². The number of nitrogen functional groups attached to an aromatic ring is 1. The Hall–Kier alpha value is -2.00. The average molecular weight is 247 g/mol. The molecular formula is C13H11ClN2O. The third-order valence-corrected chi connectivity index (χ3v) is 2.71. The molecule has 4 heteroatoms. The lowest BCUT2D eigenvalue weighted by Gasteiger charge is -2.07. The predicted molar refractivity (Wildman–Crippen MR) is 69.8 cm³/mol. The number of primary amides is 1. The summed E-state index contributed by atoms with van der Waals surface area (Å²) >= 11 is 5.83. The molecule has 2 aromatic rings. The Morgan fingerprint density at radius 2 is 1.88 bits per heavy atom. The summed E-state index contributed by atoms with van der Waals surface area (Å²) in [5.74, 6) is -0.459. The molecule has 0 spiro atoms. The topological polar surface area (TPSA) is 69.1 Å². The van der Waals surface area contributed by atoms with E-state index in [-0.39, 0.29) is 0 Å². The molecule has 0 aromatic heterocycles. The molecule has 17 heavy (non-hydrogen) atoms. The van der Waals surface area contributed by atoms with Crippen molar-refractivity contribution in [2.45, 2.75) is 0 Å². The second kappa shape index (κ2) is 4.47. The van der Waals surface area contributed by atoms with Crippen molar-refractivity contribution >= 4 is 23.2 Å². The fourth-order valence-corrected chi connectivity index (χ4v) is 1.82. The molecule has 3 nitrogen and oxygen atoms in total. The molecule has 0 bridgehead atoms. The van der Waals surface area contributed by atoms with Crippen molar-refractivity contribution in [3.63, 3.8) is 0 Å². The minimum Gasteiger partial charge on any atom is -0.398 e. The molecular weight excluding hydrogens is 236 g/mol. The Balaban J connectivity index is 2.53. The van der Waals surface area contributed by atoms with Crippen LogP contribution in [0.15, 0.2) is 42.5 Å². The molecule has 86 valence electrons. The third kappa shape index (κ3) is 2.40. The summed E-state index contributed by atoms with van der Waals surface area (Å²) in [5, 5.41) is 0.581. The SMILES string of the molecule is NC(=O)c1cccc(-c2ccc(Cl)cc2N)c1. The second-order valence-electron chi connectivity index (χ2n) is 3.68. The van der Waals surface area contributed by atoms with Crippen molar-refractivity contribution in [2.24, 2.45) is 5.73 Å². The van der Waals surface area contributed by atoms with Crippen molar-refractivity contribution in [2.75, 3.05) is 5.73 Å². The molecule has 2 rings (SSSR count). The van der Waals surface area contributed by atoms with Crippen LogP contribution in [0.1, 0.15) is 10.4 Å². The van der Waals surface area contributed by atoms with E-state index in [0.717, 1.165) is 11.1 Å². The molecule has 0 aliphatic heterocycles. The number of benzene rings is 2. The van der Waals surface area contributed by atoms with E-state index in [0.29, 0.717) is 16.3 Å². The van der Waals surface area contributed by atoms with E-state index >= 15 is 0 Å². The quantitative estimate of drug-likeness (QED) is 0.800. The van der Waals surface area contributed by atoms with Crippen molar-refractivity contribution in [3.05, 3.63) is 53.1 Å². The number of anilines is 1. The van der Waals surface area contributed by atoms with Crippen molar-refractivity contribution in [3.8, 4) is 11.1 Å². The number of nitrogens with two attached hydrogens (primary N) is 2. The summed E-state index contributed by atoms with van der Waals surface area (Å²) in [4.78, 5) is 11.1. The van der Waals surface area contributed by atoms with Crippen LogP contribution in [-0.4, -0.2) is 5.91 Å². The Morgan fingerprint density at radius 3 is 2.53 bits per heavy atom. The van der Waals surface area contributed by atoms with Crippen LogP contribution >= 0.6 is 11.6 Å². The number of hydrogen-bond donors (Lipinski definition) is 2. The van der Waals surface area contributed by atoms with Crippen LogP contribution in [0.4, 0.5) is 5.69 Å². The maximum Gasteiger partial charge on any atom is 0.248 e. The number of hydrogen-bond acceptors (Lipinski definition) is 2. The van der Waals surface area contributed by atoms with Gasteiger partial charge in [0.25, 0.3) is 0 Å². The first-order valence-corrected chi connectivity index (χ1v) is 5.41. The van der Waals surface area contributed by atoms with Crippen LogP contribution in [0.2, 0.25) is 5.02 Å². The minimum atomic E-state index is -0.459. The molecule has 4 N–H and O–H groups in total. The van der Waals surface area contributed by atoms with Gasteiger partial charge in [-0.15, -0.1) is 0 Å². The first-order chi connectivity index (χ1) is 8.08. The molecule has 0 aliphatic carbocycles. The van der Waals surface area contributed by atoms with Crippen LogP contribution < -0.4 is 11.5 Å². The molecule has 0 fully saturated rings. The number of carbonyl (C=O) groups excluding carboxylic acids is 1. The highest BCUT2D eigenvalue weighted by Gasteiger charge is 2.06. The lowest BCUT2D eigenvalue weighted by atomic mass is 10.0. The van der Waals surface area contributed by atoms with E-state index in [1.54, 1.807) is 30.3 Å². The summed E-state index contributed by atoms with van der Waals surface area (Å²) < 4.78 is 0. The van der Waals surface area contributed by atoms with Gasteiger partial charge in [0.2, 0.25) is 5.91 Å². The lowest BCUT2D eigenvalue weighted by molar-refractivity contribution is 0.100. The molecule has 0 aliphatic rings. The molecule has 0 saturated heterocycles. The van der Waals surface area contributed by atoms with E-state index in [4.69, 9.17) is 23.1 Å². The molecule has 0 atom stereocenters. The molecule has 1 amide bonds. The van der Waals surface area contributed by atoms with Gasteiger partial charge in [-0.05, 0) is 29.8 Å². The van der Waals surface area contributed by atoms with Crippen LogP contribution in [0.5, 0.6) is 0 Å². The van der Waals surface area contributed by atoms with Gasteiger partial charge in [0.1, 0.15) is 0 Å². The molecule has 0 saturated carbocycles. The number of rotatable bonds is 2. The van der Waals surface area contributed by atoms with Crippen molar-refractivity contribution in [1.82, 2.24) is 0 Å². The highest BCUT2D eigenvalue weighted by atomic mass is 35.5. The van der Waals surface area contributed by atoms with Gasteiger partial charge in [0.05, 0.1) is 0 Å². The van der Waals surface area contributed by atoms with Crippen LogP contribution in [0.25, 0.3) is 11.1 Å². The van der Waals surface area contributed by atoms with Crippen molar-refractivity contribution < 1.29 is 4.79 Å². The van der Waals surface area contributed by atoms with Gasteiger partial charge in [-0.25, -0.2) is 0 Å². The fourth-order valence-electron chi connectivity index (χ4n) is 1.64. The van der Waals surface area contributed by atoms with Gasteiger partial charge < -0.3 is 11.5 Å². The monoisotopic (exact) mass is 246 g/mol. The van der Waals surface area contributed by atoms with Crippen LogP contribution in [-0.2, 0) is 0 Å². The Morgan fingerprint density at radius 1 is 1.12 bits per heavy atom. The summed E-state index contributed by atoms with van der Waals surface area (Å²) in [5.41, 5.74) is 13.8. The van der Waals surface area contributed by atoms with E-state index in [1.165, 1.54) is 0 Å². The van der Waals surface area contributed by atoms with Crippen molar-refractivity contribution in [1.29, 1.82) is 0 Å². The molecule has 0 unspecified atom stereocenters. The summed E-state index contributed by atoms with van der Waals surface area (Å²) in [6.07, 6.45) is 0. The predicted octanol–water partition coefficient (Wildman–Crippen LogP) is 2.69. The molecule has 0 radical (unpaired) electrons. The fraction of sp³-hybridized carbons (Fsp3) is 0. The van der Waals surface area contributed by atoms with Gasteiger partial charge in [-0.3, -0.25) is 4.79 Å². The summed E-state index contributed by atoms with van der Waals surface area (Å²) in [6, 6.07) is 12.3. The highest BCUT2D eigenvalue weighted by Crippen LogP contribution is 2.28. The number of carbonyl (C=O) groups is 1. The highest BCUT2D eigenvalue weighted by molar-refractivity contribution is 6.31. The van der Waals surface area contributed by atoms with Gasteiger partial charge in [0.15, 0.2) is 0 Å². The second-order valence-corrected chi connectivity index (χ2v) is 4.11. The smallest absolute Gasteiger partial charge is 0.248 e. The first kappa shape index (κ1) is 11.5. The van der Waals surface area contributed by atoms with Gasteiger partial charge in [0, 0.05) is 21.8 Å². The summed E-state index contributed by atoms with van der Waals surface area (Å²) in [6.45, 7) is 0. The first-order valence-electron chi connectivity index (χ1n) is 5.03. The Labute approximate surface area is 104 Å². The standard InChI is InChI=1S/C13H11ClN2O/c14-10-4-5-11(12(15)7-10)8-2-1-3-9(6-8)13(16)17/h1-7H,15H2,(H2,16,17). The maximum atomic E-state index is 11.1. The number of halogens is 1. The zero-order chi connectivity index (χ0) is 12.4. The zero-order valence-electron chi connectivity index (χ0n) is 8.98. The number of amides is 1. The van der Waals surface area contributed by atoms with Gasteiger partial charge in [-0.1, -0.05) is 29.8 Å². The van der Waals surface area contributed by atoms with Gasteiger partial charge in [-0.2, -0.15) is 0 Å². The minimum absolute atomic E-state index is 0.455. The third-order valence-electron chi connectivity index (χ3n) is 2.47. The molecule has 0 heterocycles. The largest absolute Gasteiger partial charge is 0.398 e. The lowest BCUT2D eigenvalue weighted by Crippen LogP contribution is -2.10. The summed E-state index contributed by atoms with van der Waals surface area (Å²) in [7, 11) is 0. The molecule has 2 aromatic carbocycles. The average Bonchev–Trinajstić information content (AvgIpc) is 2.29. The van der Waals surface area contributed by atoms with E-state index < -0.39 is 5.91 Å². The zero-order valence-corrected chi connectivity index (χ0v) is 9.74. The van der Waals surface area contributed by atoms with E-state index in [9.17, 15) is 4.79 Å². The van der Waals surface area contributed by atoms with E-state index in [2.05, 4.69) is 0 Å². The Kier molecular flexibility index (Phi) is 3.02. The maximum absolute atomic E-state index is 11.1. The van der Waals surface area contributed by atoms with Crippen LogP contribution in [0, 0.1) is 0 Å². The Bertz CT molecular complexity index is 581.